The van der Waals surface area contributed by atoms with Gasteiger partial charge in [-0.2, -0.15) is 0 Å². The summed E-state index contributed by atoms with van der Waals surface area (Å²) in [4.78, 5) is 31.6. The first-order valence-electron chi connectivity index (χ1n) is 9.18. The van der Waals surface area contributed by atoms with E-state index >= 15 is 0 Å². The van der Waals surface area contributed by atoms with Gasteiger partial charge in [-0.05, 0) is 56.2 Å². The maximum atomic E-state index is 12.7. The van der Waals surface area contributed by atoms with Crippen LogP contribution < -0.4 is 5.56 Å². The summed E-state index contributed by atoms with van der Waals surface area (Å²) in [6.07, 6.45) is 7.77. The lowest BCUT2D eigenvalue weighted by atomic mass is 10.1. The highest BCUT2D eigenvalue weighted by atomic mass is 16.2. The molecule has 25 heavy (non-hydrogen) atoms. The molecule has 0 radical (unpaired) electrons. The highest BCUT2D eigenvalue weighted by Crippen LogP contribution is 2.17. The number of carbonyl (C=O) groups is 1. The molecule has 1 fully saturated rings. The van der Waals surface area contributed by atoms with Crippen LogP contribution in [-0.4, -0.2) is 33.4 Å². The molecule has 0 bridgehead atoms. The molecule has 0 saturated carbocycles. The number of aryl methyl sites for hydroxylation is 1. The van der Waals surface area contributed by atoms with E-state index in [-0.39, 0.29) is 11.5 Å². The lowest BCUT2D eigenvalue weighted by Crippen LogP contribution is -2.35. The van der Waals surface area contributed by atoms with E-state index in [1.165, 1.54) is 6.42 Å². The summed E-state index contributed by atoms with van der Waals surface area (Å²) in [6.45, 7) is 2.15. The zero-order chi connectivity index (χ0) is 17.2. The molecule has 0 N–H and O–H groups in total. The molecule has 5 nitrogen and oxygen atoms in total. The lowest BCUT2D eigenvalue weighted by molar-refractivity contribution is 0.0724. The van der Waals surface area contributed by atoms with Gasteiger partial charge in [0.25, 0.3) is 11.5 Å². The van der Waals surface area contributed by atoms with Crippen molar-refractivity contribution in [2.45, 2.75) is 45.1 Å². The lowest BCUT2D eigenvalue weighted by Gasteiger charge is -2.26. The number of piperidine rings is 1. The molecule has 1 aromatic heterocycles. The predicted molar refractivity (Wildman–Crippen MR) is 95.8 cm³/mol. The third kappa shape index (κ3) is 3.23. The number of rotatable bonds is 3. The minimum atomic E-state index is 0.0651. The van der Waals surface area contributed by atoms with Gasteiger partial charge in [-0.25, -0.2) is 4.98 Å². The van der Waals surface area contributed by atoms with E-state index in [1.54, 1.807) is 10.9 Å². The molecule has 2 aromatic rings. The minimum absolute atomic E-state index is 0.0651. The summed E-state index contributed by atoms with van der Waals surface area (Å²) in [5.74, 6) is 0.0981. The number of aromatic nitrogens is 2. The molecule has 5 heteroatoms. The fourth-order valence-electron chi connectivity index (χ4n) is 3.86. The zero-order valence-electron chi connectivity index (χ0n) is 14.4. The van der Waals surface area contributed by atoms with Gasteiger partial charge in [-0.15, -0.1) is 0 Å². The first kappa shape index (κ1) is 16.1. The van der Waals surface area contributed by atoms with Gasteiger partial charge in [0, 0.05) is 24.2 Å². The standard InChI is InChI=1S/C20H23N3O2/c24-19(22-10-2-1-3-11-22)16-7-4-6-15(12-16)13-23-14-21-18-9-5-8-17(18)20(23)25/h4,6-7,12,14H,1-3,5,8-11,13H2. The van der Waals surface area contributed by atoms with Crippen LogP contribution in [0, 0.1) is 0 Å². The normalized spacial score (nSPS) is 16.7. The Labute approximate surface area is 147 Å². The fraction of sp³-hybridized carbons (Fsp3) is 0.450. The van der Waals surface area contributed by atoms with Crippen LogP contribution in [0.15, 0.2) is 35.4 Å². The molecule has 2 heterocycles. The Hall–Kier alpha value is -2.43. The Morgan fingerprint density at radius 2 is 1.92 bits per heavy atom. The van der Waals surface area contributed by atoms with Gasteiger partial charge < -0.3 is 4.90 Å². The molecular weight excluding hydrogens is 314 g/mol. The number of fused-ring (bicyclic) bond motifs is 1. The molecule has 1 aliphatic heterocycles. The number of hydrogen-bond acceptors (Lipinski definition) is 3. The topological polar surface area (TPSA) is 55.2 Å². The van der Waals surface area contributed by atoms with E-state index < -0.39 is 0 Å². The van der Waals surface area contributed by atoms with Crippen molar-refractivity contribution >= 4 is 5.91 Å². The average molecular weight is 337 g/mol. The van der Waals surface area contributed by atoms with E-state index in [1.807, 2.05) is 29.2 Å². The van der Waals surface area contributed by atoms with E-state index in [9.17, 15) is 9.59 Å². The highest BCUT2D eigenvalue weighted by Gasteiger charge is 2.19. The zero-order valence-corrected chi connectivity index (χ0v) is 14.4. The quantitative estimate of drug-likeness (QED) is 0.864. The van der Waals surface area contributed by atoms with E-state index in [0.717, 1.165) is 62.0 Å². The number of likely N-dealkylation sites (tertiary alicyclic amines) is 1. The SMILES string of the molecule is O=C(c1cccc(Cn2cnc3c(c2=O)CCC3)c1)N1CCCCC1. The molecule has 1 amide bonds. The smallest absolute Gasteiger partial charge is 0.257 e. The Morgan fingerprint density at radius 3 is 2.76 bits per heavy atom. The van der Waals surface area contributed by atoms with Crippen LogP contribution in [0.2, 0.25) is 0 Å². The van der Waals surface area contributed by atoms with Gasteiger partial charge in [0.15, 0.2) is 0 Å². The number of amides is 1. The van der Waals surface area contributed by atoms with Crippen LogP contribution in [0.5, 0.6) is 0 Å². The van der Waals surface area contributed by atoms with Crippen LogP contribution in [0.4, 0.5) is 0 Å². The van der Waals surface area contributed by atoms with Crippen molar-refractivity contribution in [3.63, 3.8) is 0 Å². The van der Waals surface area contributed by atoms with Crippen molar-refractivity contribution in [2.24, 2.45) is 0 Å². The van der Waals surface area contributed by atoms with Gasteiger partial charge in [0.05, 0.1) is 18.6 Å². The molecule has 0 atom stereocenters. The Balaban J connectivity index is 1.56. The second-order valence-electron chi connectivity index (χ2n) is 7.01. The number of benzene rings is 1. The number of nitrogens with zero attached hydrogens (tertiary/aromatic N) is 3. The van der Waals surface area contributed by atoms with Crippen molar-refractivity contribution in [1.29, 1.82) is 0 Å². The van der Waals surface area contributed by atoms with Gasteiger partial charge >= 0.3 is 0 Å². The third-order valence-corrected chi connectivity index (χ3v) is 5.23. The Bertz CT molecular complexity index is 850. The highest BCUT2D eigenvalue weighted by molar-refractivity contribution is 5.94. The first-order valence-corrected chi connectivity index (χ1v) is 9.18. The predicted octanol–water partition coefficient (Wildman–Crippen LogP) is 2.41. The van der Waals surface area contributed by atoms with Gasteiger partial charge in [-0.1, -0.05) is 12.1 Å². The van der Waals surface area contributed by atoms with Crippen LogP contribution >= 0.6 is 0 Å². The third-order valence-electron chi connectivity index (χ3n) is 5.23. The number of hydrogen-bond donors (Lipinski definition) is 0. The van der Waals surface area contributed by atoms with Crippen molar-refractivity contribution in [1.82, 2.24) is 14.5 Å². The summed E-state index contributed by atoms with van der Waals surface area (Å²) < 4.78 is 1.66. The maximum absolute atomic E-state index is 12.7. The molecule has 2 aliphatic rings. The summed E-state index contributed by atoms with van der Waals surface area (Å²) in [5, 5.41) is 0. The summed E-state index contributed by atoms with van der Waals surface area (Å²) in [6, 6.07) is 7.64. The Kier molecular flexibility index (Phi) is 4.38. The van der Waals surface area contributed by atoms with Crippen molar-refractivity contribution < 1.29 is 4.79 Å². The molecule has 1 saturated heterocycles. The summed E-state index contributed by atoms with van der Waals surface area (Å²) >= 11 is 0. The van der Waals surface area contributed by atoms with Gasteiger partial charge in [0.1, 0.15) is 0 Å². The summed E-state index contributed by atoms with van der Waals surface area (Å²) in [5.41, 5.74) is 3.56. The second-order valence-corrected chi connectivity index (χ2v) is 7.01. The Morgan fingerprint density at radius 1 is 1.08 bits per heavy atom. The molecular formula is C20H23N3O2. The van der Waals surface area contributed by atoms with Crippen molar-refractivity contribution in [3.8, 4) is 0 Å². The van der Waals surface area contributed by atoms with E-state index in [2.05, 4.69) is 4.98 Å². The van der Waals surface area contributed by atoms with Gasteiger partial charge in [0.2, 0.25) is 0 Å². The van der Waals surface area contributed by atoms with Crippen LogP contribution in [0.3, 0.4) is 0 Å². The maximum Gasteiger partial charge on any atom is 0.257 e. The minimum Gasteiger partial charge on any atom is -0.339 e. The van der Waals surface area contributed by atoms with Crippen LogP contribution in [-0.2, 0) is 19.4 Å². The number of carbonyl (C=O) groups excluding carboxylic acids is 1. The fourth-order valence-corrected chi connectivity index (χ4v) is 3.86. The summed E-state index contributed by atoms with van der Waals surface area (Å²) in [7, 11) is 0. The molecule has 0 unspecified atom stereocenters. The second kappa shape index (κ2) is 6.82. The van der Waals surface area contributed by atoms with Crippen molar-refractivity contribution in [2.75, 3.05) is 13.1 Å². The molecule has 130 valence electrons. The molecule has 4 rings (SSSR count). The van der Waals surface area contributed by atoms with Crippen LogP contribution in [0.1, 0.15) is 52.9 Å². The molecule has 0 spiro atoms. The molecule has 1 aromatic carbocycles. The average Bonchev–Trinajstić information content (AvgIpc) is 3.14. The first-order chi connectivity index (χ1) is 12.2. The van der Waals surface area contributed by atoms with E-state index in [4.69, 9.17) is 0 Å². The molecule has 1 aliphatic carbocycles. The largest absolute Gasteiger partial charge is 0.339 e. The van der Waals surface area contributed by atoms with Crippen molar-refractivity contribution in [3.05, 3.63) is 63.3 Å². The van der Waals surface area contributed by atoms with E-state index in [0.29, 0.717) is 12.1 Å². The van der Waals surface area contributed by atoms with Gasteiger partial charge in [-0.3, -0.25) is 14.2 Å². The monoisotopic (exact) mass is 337 g/mol. The van der Waals surface area contributed by atoms with Crippen LogP contribution in [0.25, 0.3) is 0 Å².